The van der Waals surface area contributed by atoms with Crippen molar-refractivity contribution in [1.82, 2.24) is 5.32 Å². The average Bonchev–Trinajstić information content (AvgIpc) is 2.36. The van der Waals surface area contributed by atoms with Crippen LogP contribution in [-0.2, 0) is 0 Å². The summed E-state index contributed by atoms with van der Waals surface area (Å²) in [4.78, 5) is 11.7. The molecule has 1 aliphatic carbocycles. The second kappa shape index (κ2) is 6.04. The highest BCUT2D eigenvalue weighted by atomic mass is 19.3. The number of urea groups is 1. The van der Waals surface area contributed by atoms with Gasteiger partial charge in [-0.1, -0.05) is 12.1 Å². The van der Waals surface area contributed by atoms with E-state index >= 15 is 0 Å². The van der Waals surface area contributed by atoms with Crippen molar-refractivity contribution >= 4 is 11.7 Å². The molecule has 1 saturated carbocycles. The molecule has 1 aromatic carbocycles. The molecule has 0 spiro atoms. The van der Waals surface area contributed by atoms with Gasteiger partial charge in [0.25, 0.3) is 0 Å². The molecule has 1 fully saturated rings. The molecule has 0 bridgehead atoms. The third-order valence-electron chi connectivity index (χ3n) is 3.21. The molecule has 20 heavy (non-hydrogen) atoms. The Labute approximate surface area is 114 Å². The predicted octanol–water partition coefficient (Wildman–Crippen LogP) is 2.32. The van der Waals surface area contributed by atoms with Crippen LogP contribution in [0.2, 0.25) is 0 Å². The number of alkyl halides is 2. The molecule has 2 amide bonds. The van der Waals surface area contributed by atoms with Crippen LogP contribution in [-0.4, -0.2) is 29.9 Å². The topological polar surface area (TPSA) is 70.6 Å². The number of hydrogen-bond donors (Lipinski definition) is 3. The van der Waals surface area contributed by atoms with Crippen LogP contribution in [0.15, 0.2) is 24.3 Å². The van der Waals surface area contributed by atoms with E-state index in [0.29, 0.717) is 12.8 Å². The van der Waals surface area contributed by atoms with Gasteiger partial charge in [0.05, 0.1) is 11.3 Å². The number of amides is 2. The molecule has 0 atom stereocenters. The van der Waals surface area contributed by atoms with Gasteiger partial charge in [-0.2, -0.15) is 8.78 Å². The molecule has 7 heteroatoms. The lowest BCUT2D eigenvalue weighted by molar-refractivity contribution is -0.0493. The van der Waals surface area contributed by atoms with E-state index in [4.69, 9.17) is 0 Å². The SMILES string of the molecule is O=C(NCC1(O)CCC1)Nc1ccccc1OC(F)F. The predicted molar refractivity (Wildman–Crippen MR) is 68.9 cm³/mol. The van der Waals surface area contributed by atoms with Crippen LogP contribution in [0.25, 0.3) is 0 Å². The molecule has 5 nitrogen and oxygen atoms in total. The number of carbonyl (C=O) groups is 1. The minimum atomic E-state index is -2.96. The highest BCUT2D eigenvalue weighted by Gasteiger charge is 2.34. The quantitative estimate of drug-likeness (QED) is 0.778. The van der Waals surface area contributed by atoms with Gasteiger partial charge in [-0.3, -0.25) is 0 Å². The highest BCUT2D eigenvalue weighted by molar-refractivity contribution is 5.90. The molecule has 0 aliphatic heterocycles. The summed E-state index contributed by atoms with van der Waals surface area (Å²) in [5.74, 6) is -0.111. The Hall–Kier alpha value is -1.89. The van der Waals surface area contributed by atoms with Crippen LogP contribution in [0.1, 0.15) is 19.3 Å². The van der Waals surface area contributed by atoms with Crippen molar-refractivity contribution in [1.29, 1.82) is 0 Å². The molecular weight excluding hydrogens is 270 g/mol. The molecule has 0 heterocycles. The number of nitrogens with one attached hydrogen (secondary N) is 2. The van der Waals surface area contributed by atoms with Crippen molar-refractivity contribution in [2.24, 2.45) is 0 Å². The number of hydrogen-bond acceptors (Lipinski definition) is 3. The number of para-hydroxylation sites is 2. The monoisotopic (exact) mass is 286 g/mol. The van der Waals surface area contributed by atoms with Gasteiger partial charge < -0.3 is 20.5 Å². The van der Waals surface area contributed by atoms with E-state index in [0.717, 1.165) is 6.42 Å². The molecule has 0 radical (unpaired) electrons. The van der Waals surface area contributed by atoms with Gasteiger partial charge >= 0.3 is 12.6 Å². The van der Waals surface area contributed by atoms with Crippen molar-refractivity contribution < 1.29 is 23.4 Å². The lowest BCUT2D eigenvalue weighted by atomic mass is 9.80. The Morgan fingerprint density at radius 3 is 2.70 bits per heavy atom. The molecule has 1 aromatic rings. The Balaban J connectivity index is 1.90. The molecule has 2 rings (SSSR count). The fraction of sp³-hybridized carbons (Fsp3) is 0.462. The standard InChI is InChI=1S/C13H16F2N2O3/c14-11(15)20-10-5-2-1-4-9(10)17-12(18)16-8-13(19)6-3-7-13/h1-2,4-5,11,19H,3,6-8H2,(H2,16,17,18). The van der Waals surface area contributed by atoms with Gasteiger partial charge in [-0.25, -0.2) is 4.79 Å². The van der Waals surface area contributed by atoms with E-state index in [1.54, 1.807) is 6.07 Å². The number of benzene rings is 1. The summed E-state index contributed by atoms with van der Waals surface area (Å²) in [6.07, 6.45) is 2.24. The summed E-state index contributed by atoms with van der Waals surface area (Å²) in [6, 6.07) is 5.33. The Kier molecular flexibility index (Phi) is 4.39. The second-order valence-corrected chi connectivity index (χ2v) is 4.76. The van der Waals surface area contributed by atoms with E-state index in [2.05, 4.69) is 15.4 Å². The lowest BCUT2D eigenvalue weighted by Gasteiger charge is -2.36. The summed E-state index contributed by atoms with van der Waals surface area (Å²) in [5.41, 5.74) is -0.693. The van der Waals surface area contributed by atoms with Crippen LogP contribution in [0.3, 0.4) is 0 Å². The first-order valence-electron chi connectivity index (χ1n) is 6.30. The number of halogens is 2. The zero-order valence-electron chi connectivity index (χ0n) is 10.7. The van der Waals surface area contributed by atoms with Crippen LogP contribution >= 0.6 is 0 Å². The first kappa shape index (κ1) is 14.5. The van der Waals surface area contributed by atoms with Crippen molar-refractivity contribution in [3.8, 4) is 5.75 Å². The number of carbonyl (C=O) groups excluding carboxylic acids is 1. The number of ether oxygens (including phenoxy) is 1. The van der Waals surface area contributed by atoms with E-state index in [-0.39, 0.29) is 18.0 Å². The maximum absolute atomic E-state index is 12.2. The first-order chi connectivity index (χ1) is 9.48. The molecule has 1 aliphatic rings. The maximum atomic E-state index is 12.2. The zero-order chi connectivity index (χ0) is 14.6. The summed E-state index contributed by atoms with van der Waals surface area (Å²) in [7, 11) is 0. The molecule has 3 N–H and O–H groups in total. The Morgan fingerprint density at radius 1 is 1.40 bits per heavy atom. The maximum Gasteiger partial charge on any atom is 0.387 e. The fourth-order valence-electron chi connectivity index (χ4n) is 1.94. The number of rotatable bonds is 5. The van der Waals surface area contributed by atoms with E-state index in [1.807, 2.05) is 0 Å². The minimum Gasteiger partial charge on any atom is -0.433 e. The Bertz CT molecular complexity index is 478. The average molecular weight is 286 g/mol. The van der Waals surface area contributed by atoms with Gasteiger partial charge in [-0.15, -0.1) is 0 Å². The molecule has 0 aromatic heterocycles. The van der Waals surface area contributed by atoms with Crippen molar-refractivity contribution in [3.63, 3.8) is 0 Å². The van der Waals surface area contributed by atoms with E-state index in [1.165, 1.54) is 18.2 Å². The van der Waals surface area contributed by atoms with Crippen LogP contribution in [0.5, 0.6) is 5.75 Å². The van der Waals surface area contributed by atoms with Crippen LogP contribution in [0.4, 0.5) is 19.3 Å². The van der Waals surface area contributed by atoms with Gasteiger partial charge in [0.1, 0.15) is 5.75 Å². The normalized spacial score (nSPS) is 16.4. The smallest absolute Gasteiger partial charge is 0.387 e. The summed E-state index contributed by atoms with van der Waals surface area (Å²) in [5, 5.41) is 14.8. The third-order valence-corrected chi connectivity index (χ3v) is 3.21. The molecular formula is C13H16F2N2O3. The number of aliphatic hydroxyl groups is 1. The lowest BCUT2D eigenvalue weighted by Crippen LogP contribution is -2.48. The Morgan fingerprint density at radius 2 is 2.10 bits per heavy atom. The van der Waals surface area contributed by atoms with Crippen LogP contribution < -0.4 is 15.4 Å². The third kappa shape index (κ3) is 3.80. The summed E-state index contributed by atoms with van der Waals surface area (Å²) in [6.45, 7) is -2.83. The summed E-state index contributed by atoms with van der Waals surface area (Å²) >= 11 is 0. The van der Waals surface area contributed by atoms with Gasteiger partial charge in [0.15, 0.2) is 0 Å². The zero-order valence-corrected chi connectivity index (χ0v) is 10.7. The largest absolute Gasteiger partial charge is 0.433 e. The fourth-order valence-corrected chi connectivity index (χ4v) is 1.94. The second-order valence-electron chi connectivity index (χ2n) is 4.76. The molecule has 0 saturated heterocycles. The first-order valence-corrected chi connectivity index (χ1v) is 6.30. The van der Waals surface area contributed by atoms with E-state index in [9.17, 15) is 18.7 Å². The number of anilines is 1. The van der Waals surface area contributed by atoms with Crippen molar-refractivity contribution in [3.05, 3.63) is 24.3 Å². The van der Waals surface area contributed by atoms with Crippen molar-refractivity contribution in [2.45, 2.75) is 31.5 Å². The van der Waals surface area contributed by atoms with Gasteiger partial charge in [-0.05, 0) is 31.4 Å². The molecule has 110 valence electrons. The van der Waals surface area contributed by atoms with Crippen molar-refractivity contribution in [2.75, 3.05) is 11.9 Å². The van der Waals surface area contributed by atoms with E-state index < -0.39 is 18.2 Å². The van der Waals surface area contributed by atoms with Crippen LogP contribution in [0, 0.1) is 0 Å². The molecule has 0 unspecified atom stereocenters. The minimum absolute atomic E-state index is 0.111. The highest BCUT2D eigenvalue weighted by Crippen LogP contribution is 2.30. The van der Waals surface area contributed by atoms with Gasteiger partial charge in [0, 0.05) is 6.54 Å². The summed E-state index contributed by atoms with van der Waals surface area (Å²) < 4.78 is 28.7. The van der Waals surface area contributed by atoms with Gasteiger partial charge in [0.2, 0.25) is 0 Å².